The Labute approximate surface area is 110 Å². The second-order valence-corrected chi connectivity index (χ2v) is 4.62. The van der Waals surface area contributed by atoms with E-state index >= 15 is 0 Å². The van der Waals surface area contributed by atoms with Crippen molar-refractivity contribution < 1.29 is 9.53 Å². The number of rotatable bonds is 7. The lowest BCUT2D eigenvalue weighted by Gasteiger charge is -2.11. The highest BCUT2D eigenvalue weighted by Gasteiger charge is 2.06. The first-order valence-corrected chi connectivity index (χ1v) is 6.97. The van der Waals surface area contributed by atoms with Gasteiger partial charge in [0.1, 0.15) is 6.61 Å². The second kappa shape index (κ2) is 7.91. The van der Waals surface area contributed by atoms with Crippen LogP contribution in [0.4, 0.5) is 0 Å². The topological polar surface area (TPSA) is 26.3 Å². The Balaban J connectivity index is 2.73. The average molecular weight is 248 g/mol. The third kappa shape index (κ3) is 4.52. The van der Waals surface area contributed by atoms with Crippen LogP contribution in [0.25, 0.3) is 0 Å². The van der Waals surface area contributed by atoms with E-state index in [2.05, 4.69) is 32.0 Å². The Bertz CT molecular complexity index is 383. The average Bonchev–Trinajstić information content (AvgIpc) is 2.38. The molecular formula is C16H24O2. The van der Waals surface area contributed by atoms with Crippen molar-refractivity contribution in [3.8, 4) is 0 Å². The first kappa shape index (κ1) is 14.7. The Morgan fingerprint density at radius 1 is 1.11 bits per heavy atom. The molecule has 0 unspecified atom stereocenters. The van der Waals surface area contributed by atoms with Crippen molar-refractivity contribution in [2.45, 2.75) is 59.5 Å². The van der Waals surface area contributed by atoms with Crippen LogP contribution >= 0.6 is 0 Å². The van der Waals surface area contributed by atoms with E-state index in [4.69, 9.17) is 4.74 Å². The zero-order valence-corrected chi connectivity index (χ0v) is 11.8. The van der Waals surface area contributed by atoms with Crippen LogP contribution < -0.4 is 0 Å². The van der Waals surface area contributed by atoms with Gasteiger partial charge in [-0.3, -0.25) is 4.79 Å². The number of benzene rings is 1. The van der Waals surface area contributed by atoms with Gasteiger partial charge in [0.25, 0.3) is 0 Å². The predicted octanol–water partition coefficient (Wildman–Crippen LogP) is 4.04. The van der Waals surface area contributed by atoms with Crippen molar-refractivity contribution in [3.63, 3.8) is 0 Å². The highest BCUT2D eigenvalue weighted by atomic mass is 16.5. The molecule has 0 atom stereocenters. The van der Waals surface area contributed by atoms with Crippen molar-refractivity contribution in [3.05, 3.63) is 34.9 Å². The Morgan fingerprint density at radius 3 is 2.50 bits per heavy atom. The van der Waals surface area contributed by atoms with Crippen LogP contribution in [-0.4, -0.2) is 5.97 Å². The molecule has 0 fully saturated rings. The van der Waals surface area contributed by atoms with Crippen LogP contribution in [0.3, 0.4) is 0 Å². The quantitative estimate of drug-likeness (QED) is 0.681. The van der Waals surface area contributed by atoms with Crippen LogP contribution in [0.5, 0.6) is 0 Å². The number of carbonyl (C=O) groups is 1. The molecule has 0 radical (unpaired) electrons. The molecule has 0 aliphatic rings. The van der Waals surface area contributed by atoms with E-state index < -0.39 is 0 Å². The van der Waals surface area contributed by atoms with E-state index in [1.807, 2.05) is 6.92 Å². The molecule has 0 amide bonds. The maximum atomic E-state index is 11.4. The fourth-order valence-electron chi connectivity index (χ4n) is 1.98. The van der Waals surface area contributed by atoms with Gasteiger partial charge in [0.15, 0.2) is 0 Å². The molecule has 0 bridgehead atoms. The molecule has 0 N–H and O–H groups in total. The molecule has 1 aromatic carbocycles. The van der Waals surface area contributed by atoms with Crippen LogP contribution in [0.1, 0.15) is 56.7 Å². The summed E-state index contributed by atoms with van der Waals surface area (Å²) in [6.07, 6.45) is 4.53. The molecule has 18 heavy (non-hydrogen) atoms. The molecule has 0 aliphatic heterocycles. The van der Waals surface area contributed by atoms with Crippen molar-refractivity contribution >= 4 is 5.97 Å². The van der Waals surface area contributed by atoms with Gasteiger partial charge in [-0.2, -0.15) is 0 Å². The first-order valence-electron chi connectivity index (χ1n) is 6.97. The fourth-order valence-corrected chi connectivity index (χ4v) is 1.98. The molecule has 100 valence electrons. The summed E-state index contributed by atoms with van der Waals surface area (Å²) in [7, 11) is 0. The van der Waals surface area contributed by atoms with E-state index in [9.17, 15) is 4.79 Å². The third-order valence-electron chi connectivity index (χ3n) is 3.04. The number of hydrogen-bond donors (Lipinski definition) is 0. The lowest BCUT2D eigenvalue weighted by molar-refractivity contribution is -0.145. The van der Waals surface area contributed by atoms with Crippen LogP contribution in [0.15, 0.2) is 18.2 Å². The van der Waals surface area contributed by atoms with E-state index in [0.29, 0.717) is 13.0 Å². The van der Waals surface area contributed by atoms with Crippen LogP contribution in [0, 0.1) is 0 Å². The zero-order valence-electron chi connectivity index (χ0n) is 11.8. The maximum absolute atomic E-state index is 11.4. The van der Waals surface area contributed by atoms with Gasteiger partial charge in [-0.05, 0) is 36.0 Å². The van der Waals surface area contributed by atoms with E-state index in [0.717, 1.165) is 25.7 Å². The zero-order chi connectivity index (χ0) is 13.4. The van der Waals surface area contributed by atoms with Gasteiger partial charge >= 0.3 is 5.97 Å². The molecule has 1 aromatic rings. The minimum atomic E-state index is -0.0955. The molecule has 0 aliphatic carbocycles. The van der Waals surface area contributed by atoms with Crippen LogP contribution in [0.2, 0.25) is 0 Å². The molecule has 2 nitrogen and oxygen atoms in total. The molecule has 0 saturated carbocycles. The smallest absolute Gasteiger partial charge is 0.306 e. The van der Waals surface area contributed by atoms with Gasteiger partial charge in [-0.1, -0.05) is 45.4 Å². The Morgan fingerprint density at radius 2 is 1.89 bits per heavy atom. The highest BCUT2D eigenvalue weighted by Crippen LogP contribution is 2.16. The van der Waals surface area contributed by atoms with E-state index in [1.54, 1.807) is 0 Å². The first-order chi connectivity index (χ1) is 8.71. The number of ether oxygens (including phenoxy) is 1. The summed E-state index contributed by atoms with van der Waals surface area (Å²) < 4.78 is 5.32. The molecule has 0 aromatic heterocycles. The molecule has 0 saturated heterocycles. The summed E-state index contributed by atoms with van der Waals surface area (Å²) in [5.41, 5.74) is 3.77. The predicted molar refractivity (Wildman–Crippen MR) is 74.5 cm³/mol. The Hall–Kier alpha value is -1.31. The van der Waals surface area contributed by atoms with Crippen LogP contribution in [-0.2, 0) is 29.0 Å². The summed E-state index contributed by atoms with van der Waals surface area (Å²) in [4.78, 5) is 11.4. The molecule has 2 heteroatoms. The van der Waals surface area contributed by atoms with E-state index in [1.165, 1.54) is 16.7 Å². The SMILES string of the molecule is CCCC(=O)OCc1cc(CC)ccc1CCC. The van der Waals surface area contributed by atoms with Crippen molar-refractivity contribution in [1.82, 2.24) is 0 Å². The van der Waals surface area contributed by atoms with Gasteiger partial charge in [0, 0.05) is 6.42 Å². The molecule has 0 spiro atoms. The number of hydrogen-bond acceptors (Lipinski definition) is 2. The standard InChI is InChI=1S/C16H24O2/c1-4-7-14-10-9-13(6-3)11-15(14)12-18-16(17)8-5-2/h9-11H,4-8,12H2,1-3H3. The molecule has 0 heterocycles. The lowest BCUT2D eigenvalue weighted by atomic mass is 10.00. The van der Waals surface area contributed by atoms with E-state index in [-0.39, 0.29) is 5.97 Å². The van der Waals surface area contributed by atoms with Gasteiger partial charge in [0.2, 0.25) is 0 Å². The number of aryl methyl sites for hydroxylation is 2. The maximum Gasteiger partial charge on any atom is 0.306 e. The summed E-state index contributed by atoms with van der Waals surface area (Å²) in [6, 6.07) is 6.51. The lowest BCUT2D eigenvalue weighted by Crippen LogP contribution is -2.06. The largest absolute Gasteiger partial charge is 0.461 e. The van der Waals surface area contributed by atoms with Gasteiger partial charge < -0.3 is 4.74 Å². The normalized spacial score (nSPS) is 10.4. The summed E-state index contributed by atoms with van der Waals surface area (Å²) >= 11 is 0. The highest BCUT2D eigenvalue weighted by molar-refractivity contribution is 5.69. The number of carbonyl (C=O) groups excluding carboxylic acids is 1. The third-order valence-corrected chi connectivity index (χ3v) is 3.04. The minimum absolute atomic E-state index is 0.0955. The monoisotopic (exact) mass is 248 g/mol. The Kier molecular flexibility index (Phi) is 6.48. The summed E-state index contributed by atoms with van der Waals surface area (Å²) in [6.45, 7) is 6.71. The molecular weight excluding hydrogens is 224 g/mol. The molecule has 1 rings (SSSR count). The van der Waals surface area contributed by atoms with Gasteiger partial charge in [-0.15, -0.1) is 0 Å². The minimum Gasteiger partial charge on any atom is -0.461 e. The summed E-state index contributed by atoms with van der Waals surface area (Å²) in [5, 5.41) is 0. The number of esters is 1. The second-order valence-electron chi connectivity index (χ2n) is 4.62. The van der Waals surface area contributed by atoms with Crippen molar-refractivity contribution in [1.29, 1.82) is 0 Å². The van der Waals surface area contributed by atoms with Crippen molar-refractivity contribution in [2.75, 3.05) is 0 Å². The fraction of sp³-hybridized carbons (Fsp3) is 0.562. The van der Waals surface area contributed by atoms with Gasteiger partial charge in [0.05, 0.1) is 0 Å². The summed E-state index contributed by atoms with van der Waals surface area (Å²) in [5.74, 6) is -0.0955. The van der Waals surface area contributed by atoms with Crippen molar-refractivity contribution in [2.24, 2.45) is 0 Å². The van der Waals surface area contributed by atoms with Gasteiger partial charge in [-0.25, -0.2) is 0 Å².